The molecule has 0 saturated carbocycles. The summed E-state index contributed by atoms with van der Waals surface area (Å²) in [5, 5.41) is 3.19. The van der Waals surface area contributed by atoms with Gasteiger partial charge in [-0.25, -0.2) is 0 Å². The fraction of sp³-hybridized carbons (Fsp3) is 0.308. The second-order valence-electron chi connectivity index (χ2n) is 3.84. The monoisotopic (exact) mass is 323 g/mol. The second kappa shape index (κ2) is 7.04. The highest BCUT2D eigenvalue weighted by atomic mass is 79.9. The lowest BCUT2D eigenvalue weighted by Crippen LogP contribution is -2.35. The van der Waals surface area contributed by atoms with Crippen LogP contribution < -0.4 is 11.1 Å². The van der Waals surface area contributed by atoms with Gasteiger partial charge in [0.25, 0.3) is 0 Å². The van der Waals surface area contributed by atoms with E-state index in [0.717, 1.165) is 10.2 Å². The molecular formula is C13H18BrN5. The first-order valence-electron chi connectivity index (χ1n) is 5.73. The molecule has 0 aliphatic carbocycles. The standard InChI is InChI=1S/C13H18BrN5/c1-8-5-6-9(7-10(8)14)19-13(18-4)11(16-2)12(15)17-3/h5-7H,1-4H3,(H2,15,17)(H,18,19)/b16-11+. The zero-order valence-electron chi connectivity index (χ0n) is 11.5. The van der Waals surface area contributed by atoms with Gasteiger partial charge in [-0.2, -0.15) is 0 Å². The first kappa shape index (κ1) is 15.4. The van der Waals surface area contributed by atoms with Crippen LogP contribution in [0, 0.1) is 6.92 Å². The van der Waals surface area contributed by atoms with E-state index in [1.807, 2.05) is 25.1 Å². The molecule has 0 aromatic heterocycles. The molecule has 0 amide bonds. The van der Waals surface area contributed by atoms with Crippen molar-refractivity contribution in [2.45, 2.75) is 6.92 Å². The van der Waals surface area contributed by atoms with Gasteiger partial charge in [-0.3, -0.25) is 15.0 Å². The topological polar surface area (TPSA) is 75.1 Å². The number of benzene rings is 1. The number of halogens is 1. The Morgan fingerprint density at radius 1 is 1.16 bits per heavy atom. The van der Waals surface area contributed by atoms with Crippen LogP contribution in [0.4, 0.5) is 5.69 Å². The molecule has 1 aromatic rings. The van der Waals surface area contributed by atoms with Crippen LogP contribution in [-0.4, -0.2) is 38.5 Å². The van der Waals surface area contributed by atoms with E-state index in [1.165, 1.54) is 5.56 Å². The Kier molecular flexibility index (Phi) is 5.69. The van der Waals surface area contributed by atoms with Crippen molar-refractivity contribution in [1.29, 1.82) is 0 Å². The molecule has 0 radical (unpaired) electrons. The summed E-state index contributed by atoms with van der Waals surface area (Å²) in [5.41, 5.74) is 8.42. The lowest BCUT2D eigenvalue weighted by atomic mass is 10.2. The number of amidine groups is 2. The van der Waals surface area contributed by atoms with E-state index in [2.05, 4.69) is 36.2 Å². The van der Waals surface area contributed by atoms with Crippen molar-refractivity contribution in [2.75, 3.05) is 26.5 Å². The van der Waals surface area contributed by atoms with E-state index in [-0.39, 0.29) is 0 Å². The SMILES string of the molecule is CN=C(Nc1ccc(C)c(Br)c1)C(=N/C)/C(N)=N\C. The second-order valence-corrected chi connectivity index (χ2v) is 4.70. The van der Waals surface area contributed by atoms with Gasteiger partial charge in [0.05, 0.1) is 0 Å². The van der Waals surface area contributed by atoms with Crippen LogP contribution in [0.25, 0.3) is 0 Å². The summed E-state index contributed by atoms with van der Waals surface area (Å²) in [4.78, 5) is 12.2. The first-order chi connectivity index (χ1) is 9.03. The predicted octanol–water partition coefficient (Wildman–Crippen LogP) is 2.26. The molecule has 3 N–H and O–H groups in total. The molecule has 0 bridgehead atoms. The maximum Gasteiger partial charge on any atom is 0.154 e. The number of anilines is 1. The fourth-order valence-electron chi connectivity index (χ4n) is 1.48. The number of hydrogen-bond donors (Lipinski definition) is 2. The third-order valence-electron chi connectivity index (χ3n) is 2.59. The van der Waals surface area contributed by atoms with Crippen molar-refractivity contribution < 1.29 is 0 Å². The number of nitrogens with zero attached hydrogens (tertiary/aromatic N) is 3. The minimum Gasteiger partial charge on any atom is -0.382 e. The van der Waals surface area contributed by atoms with Crippen LogP contribution in [0.3, 0.4) is 0 Å². The van der Waals surface area contributed by atoms with Crippen LogP contribution in [0.2, 0.25) is 0 Å². The minimum absolute atomic E-state index is 0.349. The van der Waals surface area contributed by atoms with E-state index < -0.39 is 0 Å². The molecule has 5 nitrogen and oxygen atoms in total. The minimum atomic E-state index is 0.349. The summed E-state index contributed by atoms with van der Waals surface area (Å²) >= 11 is 3.50. The number of rotatable bonds is 3. The molecular weight excluding hydrogens is 306 g/mol. The average molecular weight is 324 g/mol. The fourth-order valence-corrected chi connectivity index (χ4v) is 1.85. The molecule has 1 rings (SSSR count). The Labute approximate surface area is 121 Å². The van der Waals surface area contributed by atoms with E-state index in [1.54, 1.807) is 21.1 Å². The summed E-state index contributed by atoms with van der Waals surface area (Å²) in [6.45, 7) is 2.03. The Balaban J connectivity index is 3.04. The molecule has 0 unspecified atom stereocenters. The molecule has 0 spiro atoms. The highest BCUT2D eigenvalue weighted by Gasteiger charge is 2.12. The average Bonchev–Trinajstić information content (AvgIpc) is 2.42. The molecule has 1 aromatic carbocycles. The number of nitrogens with two attached hydrogens (primary N) is 1. The van der Waals surface area contributed by atoms with Crippen LogP contribution >= 0.6 is 15.9 Å². The molecule has 0 aliphatic heterocycles. The third kappa shape index (κ3) is 3.89. The number of aryl methyl sites for hydroxylation is 1. The van der Waals surface area contributed by atoms with Gasteiger partial charge in [0.1, 0.15) is 11.5 Å². The van der Waals surface area contributed by atoms with Crippen LogP contribution in [0.5, 0.6) is 0 Å². The molecule has 0 fully saturated rings. The Hall–Kier alpha value is -1.69. The summed E-state index contributed by atoms with van der Waals surface area (Å²) in [7, 11) is 4.96. The maximum absolute atomic E-state index is 5.80. The van der Waals surface area contributed by atoms with Gasteiger partial charge >= 0.3 is 0 Å². The largest absolute Gasteiger partial charge is 0.382 e. The van der Waals surface area contributed by atoms with Gasteiger partial charge in [-0.15, -0.1) is 0 Å². The quantitative estimate of drug-likeness (QED) is 0.661. The van der Waals surface area contributed by atoms with Gasteiger partial charge in [0, 0.05) is 31.3 Å². The molecule has 0 saturated heterocycles. The predicted molar refractivity (Wildman–Crippen MR) is 86.8 cm³/mol. The van der Waals surface area contributed by atoms with Crippen molar-refractivity contribution >= 4 is 39.0 Å². The molecule has 0 atom stereocenters. The van der Waals surface area contributed by atoms with E-state index in [0.29, 0.717) is 17.4 Å². The lowest BCUT2D eigenvalue weighted by Gasteiger charge is -2.12. The van der Waals surface area contributed by atoms with Crippen LogP contribution in [0.1, 0.15) is 5.56 Å². The van der Waals surface area contributed by atoms with Gasteiger partial charge < -0.3 is 11.1 Å². The Morgan fingerprint density at radius 2 is 1.84 bits per heavy atom. The van der Waals surface area contributed by atoms with Crippen LogP contribution in [0.15, 0.2) is 37.6 Å². The summed E-state index contributed by atoms with van der Waals surface area (Å²) in [6, 6.07) is 5.96. The van der Waals surface area contributed by atoms with Crippen molar-refractivity contribution in [1.82, 2.24) is 0 Å². The maximum atomic E-state index is 5.80. The van der Waals surface area contributed by atoms with Crippen molar-refractivity contribution in [3.63, 3.8) is 0 Å². The van der Waals surface area contributed by atoms with E-state index >= 15 is 0 Å². The summed E-state index contributed by atoms with van der Waals surface area (Å²) < 4.78 is 1.03. The first-order valence-corrected chi connectivity index (χ1v) is 6.52. The van der Waals surface area contributed by atoms with Gasteiger partial charge in [-0.05, 0) is 24.6 Å². The van der Waals surface area contributed by atoms with Gasteiger partial charge in [0.15, 0.2) is 5.84 Å². The van der Waals surface area contributed by atoms with E-state index in [4.69, 9.17) is 5.73 Å². The highest BCUT2D eigenvalue weighted by molar-refractivity contribution is 9.10. The van der Waals surface area contributed by atoms with Gasteiger partial charge in [-0.1, -0.05) is 22.0 Å². The van der Waals surface area contributed by atoms with E-state index in [9.17, 15) is 0 Å². The zero-order chi connectivity index (χ0) is 14.4. The Bertz CT molecular complexity index is 546. The van der Waals surface area contributed by atoms with Crippen molar-refractivity contribution in [3.8, 4) is 0 Å². The van der Waals surface area contributed by atoms with Gasteiger partial charge in [0.2, 0.25) is 0 Å². The Morgan fingerprint density at radius 3 is 2.32 bits per heavy atom. The smallest absolute Gasteiger partial charge is 0.154 e. The summed E-state index contributed by atoms with van der Waals surface area (Å²) in [5.74, 6) is 0.933. The number of hydrogen-bond acceptors (Lipinski definition) is 3. The highest BCUT2D eigenvalue weighted by Crippen LogP contribution is 2.20. The van der Waals surface area contributed by atoms with Crippen molar-refractivity contribution in [2.24, 2.45) is 20.7 Å². The lowest BCUT2D eigenvalue weighted by molar-refractivity contribution is 1.38. The molecule has 102 valence electrons. The molecule has 0 aliphatic rings. The number of aliphatic imine (C=N–C) groups is 3. The van der Waals surface area contributed by atoms with Crippen LogP contribution in [-0.2, 0) is 0 Å². The number of nitrogens with one attached hydrogen (secondary N) is 1. The molecule has 6 heteroatoms. The normalized spacial score (nSPS) is 13.6. The molecule has 19 heavy (non-hydrogen) atoms. The van der Waals surface area contributed by atoms with Crippen molar-refractivity contribution in [3.05, 3.63) is 28.2 Å². The zero-order valence-corrected chi connectivity index (χ0v) is 13.1. The summed E-state index contributed by atoms with van der Waals surface area (Å²) in [6.07, 6.45) is 0. The third-order valence-corrected chi connectivity index (χ3v) is 3.44. The molecule has 0 heterocycles.